The minimum Gasteiger partial charge on any atom is -0.483 e. The average molecular weight is 612 g/mol. The summed E-state index contributed by atoms with van der Waals surface area (Å²) in [6, 6.07) is 12.7. The van der Waals surface area contributed by atoms with Crippen molar-refractivity contribution >= 4 is 49.0 Å². The Labute approximate surface area is 232 Å². The fourth-order valence-corrected chi connectivity index (χ4v) is 7.30. The van der Waals surface area contributed by atoms with Gasteiger partial charge in [-0.1, -0.05) is 51.8 Å². The number of amides is 1. The van der Waals surface area contributed by atoms with Gasteiger partial charge in [-0.25, -0.2) is 13.2 Å². The number of hydrogen-bond donors (Lipinski definition) is 3. The number of benzene rings is 2. The molecule has 0 fully saturated rings. The molecule has 3 N–H and O–H groups in total. The molecule has 2 aromatic carbocycles. The van der Waals surface area contributed by atoms with Crippen LogP contribution in [0.4, 0.5) is 11.4 Å². The molecule has 2 atom stereocenters. The molecule has 1 aliphatic heterocycles. The van der Waals surface area contributed by atoms with Gasteiger partial charge in [0.2, 0.25) is 5.72 Å². The summed E-state index contributed by atoms with van der Waals surface area (Å²) in [6.45, 7) is 5.44. The van der Waals surface area contributed by atoms with E-state index in [1.807, 2.05) is 47.5 Å². The van der Waals surface area contributed by atoms with E-state index in [1.165, 1.54) is 13.0 Å². The number of aliphatic carboxylic acids is 1. The normalized spacial score (nSPS) is 20.1. The Balaban J connectivity index is 2.03. The van der Waals surface area contributed by atoms with Gasteiger partial charge in [-0.15, -0.1) is 0 Å². The zero-order valence-corrected chi connectivity index (χ0v) is 24.3. The quantitative estimate of drug-likeness (QED) is 0.313. The first-order valence-corrected chi connectivity index (χ1v) is 15.1. The highest BCUT2D eigenvalue weighted by atomic mass is 79.9. The maximum absolute atomic E-state index is 13.8. The molecule has 0 saturated heterocycles. The molecule has 0 aromatic heterocycles. The highest BCUT2D eigenvalue weighted by molar-refractivity contribution is 9.10. The number of sulfone groups is 1. The molecule has 0 spiro atoms. The number of aliphatic hydroxyl groups is 1. The molecule has 0 bridgehead atoms. The number of carbonyl (C=O) groups is 2. The summed E-state index contributed by atoms with van der Waals surface area (Å²) in [5.74, 6) is -2.36. The molecule has 1 aliphatic rings. The second kappa shape index (κ2) is 12.0. The van der Waals surface area contributed by atoms with Crippen LogP contribution in [0.5, 0.6) is 5.75 Å². The molecule has 0 radical (unpaired) electrons. The summed E-state index contributed by atoms with van der Waals surface area (Å²) in [4.78, 5) is 25.8. The minimum absolute atomic E-state index is 0.0173. The van der Waals surface area contributed by atoms with Crippen LogP contribution in [0.15, 0.2) is 51.8 Å². The van der Waals surface area contributed by atoms with Crippen LogP contribution in [0, 0.1) is 5.41 Å². The predicted octanol–water partition coefficient (Wildman–Crippen LogP) is 4.64. The van der Waals surface area contributed by atoms with E-state index in [4.69, 9.17) is 4.74 Å². The zero-order chi connectivity index (χ0) is 28.1. The van der Waals surface area contributed by atoms with E-state index in [2.05, 4.69) is 22.9 Å². The topological polar surface area (TPSA) is 133 Å². The Hall–Kier alpha value is -2.63. The van der Waals surface area contributed by atoms with Crippen molar-refractivity contribution in [3.05, 3.63) is 46.9 Å². The van der Waals surface area contributed by atoms with Gasteiger partial charge in [0, 0.05) is 30.1 Å². The number of nitrogens with one attached hydrogen (secondary N) is 1. The summed E-state index contributed by atoms with van der Waals surface area (Å²) < 4.78 is 33.7. The van der Waals surface area contributed by atoms with Gasteiger partial charge in [0.15, 0.2) is 16.4 Å². The van der Waals surface area contributed by atoms with Crippen molar-refractivity contribution < 1.29 is 33.0 Å². The van der Waals surface area contributed by atoms with E-state index in [1.54, 1.807) is 6.07 Å². The molecule has 0 aliphatic carbocycles. The first-order chi connectivity index (χ1) is 17.9. The summed E-state index contributed by atoms with van der Waals surface area (Å²) >= 11 is 3.45. The van der Waals surface area contributed by atoms with Gasteiger partial charge < -0.3 is 25.2 Å². The van der Waals surface area contributed by atoms with Crippen molar-refractivity contribution in [2.24, 2.45) is 5.41 Å². The number of anilines is 2. The van der Waals surface area contributed by atoms with E-state index in [0.717, 1.165) is 24.9 Å². The van der Waals surface area contributed by atoms with Gasteiger partial charge in [0.1, 0.15) is 5.75 Å². The van der Waals surface area contributed by atoms with Gasteiger partial charge in [-0.05, 0) is 47.0 Å². The maximum Gasteiger partial charge on any atom is 0.357 e. The largest absolute Gasteiger partial charge is 0.483 e. The molecule has 1 unspecified atom stereocenters. The maximum atomic E-state index is 13.8. The number of halogens is 1. The summed E-state index contributed by atoms with van der Waals surface area (Å²) in [5, 5.41) is 21.3. The van der Waals surface area contributed by atoms with Gasteiger partial charge in [0.25, 0.3) is 5.91 Å². The van der Waals surface area contributed by atoms with Crippen LogP contribution in [0.25, 0.3) is 0 Å². The molecule has 11 heteroatoms. The Morgan fingerprint density at radius 3 is 2.45 bits per heavy atom. The van der Waals surface area contributed by atoms with Crippen molar-refractivity contribution in [3.8, 4) is 5.75 Å². The van der Waals surface area contributed by atoms with Crippen LogP contribution in [0.3, 0.4) is 0 Å². The smallest absolute Gasteiger partial charge is 0.357 e. The SMILES string of the molecule is CCCCC1(CC)CN(c2ccccc2)c2cc(Br)c(OCC(=O)N[C@](O)(CC)C(=O)O)cc2S(=O)(=O)C1. The second-order valence-corrected chi connectivity index (χ2v) is 12.6. The molecule has 38 heavy (non-hydrogen) atoms. The van der Waals surface area contributed by atoms with Gasteiger partial charge >= 0.3 is 5.97 Å². The lowest BCUT2D eigenvalue weighted by Crippen LogP contribution is -2.55. The lowest BCUT2D eigenvalue weighted by Gasteiger charge is -2.36. The lowest BCUT2D eigenvalue weighted by molar-refractivity contribution is -0.166. The van der Waals surface area contributed by atoms with Crippen molar-refractivity contribution in [2.45, 2.75) is 63.5 Å². The Bertz CT molecular complexity index is 1270. The predicted molar refractivity (Wildman–Crippen MR) is 148 cm³/mol. The number of nitrogens with zero attached hydrogens (tertiary/aromatic N) is 1. The molecule has 208 valence electrons. The first kappa shape index (κ1) is 29.9. The van der Waals surface area contributed by atoms with Crippen molar-refractivity contribution in [1.82, 2.24) is 5.32 Å². The van der Waals surface area contributed by atoms with E-state index >= 15 is 0 Å². The number of carboxylic acid groups (broad SMARTS) is 1. The third-order valence-electron chi connectivity index (χ3n) is 7.08. The molecule has 2 aromatic rings. The molecule has 3 rings (SSSR count). The second-order valence-electron chi connectivity index (χ2n) is 9.74. The number of fused-ring (bicyclic) bond motifs is 1. The number of rotatable bonds is 11. The van der Waals surface area contributed by atoms with Crippen molar-refractivity contribution in [1.29, 1.82) is 0 Å². The average Bonchev–Trinajstić information content (AvgIpc) is 2.98. The summed E-state index contributed by atoms with van der Waals surface area (Å²) in [6.07, 6.45) is 3.08. The summed E-state index contributed by atoms with van der Waals surface area (Å²) in [5.41, 5.74) is -1.50. The van der Waals surface area contributed by atoms with Crippen LogP contribution in [0.2, 0.25) is 0 Å². The fourth-order valence-electron chi connectivity index (χ4n) is 4.68. The third kappa shape index (κ3) is 6.50. The minimum atomic E-state index is -3.75. The van der Waals surface area contributed by atoms with Crippen LogP contribution in [-0.2, 0) is 19.4 Å². The number of para-hydroxylation sites is 1. The van der Waals surface area contributed by atoms with Gasteiger partial charge in [0.05, 0.1) is 20.8 Å². The number of hydrogen-bond acceptors (Lipinski definition) is 7. The molecule has 9 nitrogen and oxygen atoms in total. The monoisotopic (exact) mass is 610 g/mol. The first-order valence-electron chi connectivity index (χ1n) is 12.7. The Morgan fingerprint density at radius 1 is 1.18 bits per heavy atom. The Morgan fingerprint density at radius 2 is 1.87 bits per heavy atom. The standard InChI is InChI=1S/C27H35BrN2O7S/c1-4-7-13-26(5-2)17-30(19-11-9-8-10-12-19)21-14-20(28)22(15-23(21)38(35,36)18-26)37-16-24(31)29-27(34,6-3)25(32)33/h8-12,14-15,34H,4-7,13,16-18H2,1-3H3,(H,29,31)(H,32,33)/t26?,27-/m0/s1. The fraction of sp³-hybridized carbons (Fsp3) is 0.481. The molecule has 1 heterocycles. The lowest BCUT2D eigenvalue weighted by atomic mass is 9.81. The van der Waals surface area contributed by atoms with E-state index in [0.29, 0.717) is 23.1 Å². The van der Waals surface area contributed by atoms with Crippen LogP contribution < -0.4 is 15.0 Å². The molecule has 1 amide bonds. The van der Waals surface area contributed by atoms with Crippen molar-refractivity contribution in [2.75, 3.05) is 23.8 Å². The van der Waals surface area contributed by atoms with Crippen LogP contribution in [-0.4, -0.2) is 55.1 Å². The number of unbranched alkanes of at least 4 members (excludes halogenated alkanes) is 1. The molecule has 0 saturated carbocycles. The van der Waals surface area contributed by atoms with Crippen molar-refractivity contribution in [3.63, 3.8) is 0 Å². The number of carbonyl (C=O) groups excluding carboxylic acids is 1. The van der Waals surface area contributed by atoms with E-state index < -0.39 is 39.5 Å². The van der Waals surface area contributed by atoms with E-state index in [-0.39, 0.29) is 22.8 Å². The molecular weight excluding hydrogens is 576 g/mol. The zero-order valence-electron chi connectivity index (χ0n) is 21.9. The van der Waals surface area contributed by atoms with Crippen LogP contribution >= 0.6 is 15.9 Å². The number of carboxylic acids is 1. The summed E-state index contributed by atoms with van der Waals surface area (Å²) in [7, 11) is -3.75. The van der Waals surface area contributed by atoms with Crippen LogP contribution in [0.1, 0.15) is 52.9 Å². The van der Waals surface area contributed by atoms with Gasteiger partial charge in [-0.3, -0.25) is 4.79 Å². The highest BCUT2D eigenvalue weighted by Gasteiger charge is 2.42. The van der Waals surface area contributed by atoms with Gasteiger partial charge in [-0.2, -0.15) is 0 Å². The van der Waals surface area contributed by atoms with E-state index in [9.17, 15) is 28.2 Å². The highest BCUT2D eigenvalue weighted by Crippen LogP contribution is 2.46. The molecular formula is C27H35BrN2O7S. The third-order valence-corrected chi connectivity index (χ3v) is 9.69. The number of ether oxygens (including phenoxy) is 1. The Kier molecular flexibility index (Phi) is 9.48.